The largest absolute Gasteiger partial charge is 0.447 e. The number of rotatable bonds is 5. The summed E-state index contributed by atoms with van der Waals surface area (Å²) in [6.07, 6.45) is -3.93. The lowest BCUT2D eigenvalue weighted by Gasteiger charge is -2.33. The quantitative estimate of drug-likeness (QED) is 0.741. The minimum Gasteiger partial charge on any atom is -0.447 e. The highest BCUT2D eigenvalue weighted by Crippen LogP contribution is 2.30. The van der Waals surface area contributed by atoms with Gasteiger partial charge in [-0.3, -0.25) is 9.69 Å². The molecular formula is C23H31FN2O6. The predicted molar refractivity (Wildman–Crippen MR) is 114 cm³/mol. The number of nitrogens with zero attached hydrogens (tertiary/aromatic N) is 2. The average Bonchev–Trinajstić information content (AvgIpc) is 3.28. The fourth-order valence-corrected chi connectivity index (χ4v) is 4.13. The molecule has 3 rings (SSSR count). The normalized spacial score (nSPS) is 25.4. The molecule has 0 bridgehead atoms. The lowest BCUT2D eigenvalue weighted by atomic mass is 9.94. The van der Waals surface area contributed by atoms with Gasteiger partial charge in [0.15, 0.2) is 0 Å². The summed E-state index contributed by atoms with van der Waals surface area (Å²) in [5, 5.41) is 10.9. The summed E-state index contributed by atoms with van der Waals surface area (Å²) in [6, 6.07) is 7.94. The number of cyclic esters (lactones) is 1. The number of aliphatic hydroxyl groups is 1. The van der Waals surface area contributed by atoms with Crippen molar-refractivity contribution < 1.29 is 33.4 Å². The van der Waals surface area contributed by atoms with E-state index in [2.05, 4.69) is 0 Å². The highest BCUT2D eigenvalue weighted by Gasteiger charge is 2.47. The number of carbonyl (C=O) groups excluding carboxylic acids is 3. The molecule has 5 atom stereocenters. The third-order valence-corrected chi connectivity index (χ3v) is 5.73. The molecule has 2 saturated heterocycles. The van der Waals surface area contributed by atoms with Gasteiger partial charge >= 0.3 is 12.2 Å². The fourth-order valence-electron chi connectivity index (χ4n) is 4.13. The average molecular weight is 451 g/mol. The molecule has 1 aromatic rings. The van der Waals surface area contributed by atoms with Crippen LogP contribution >= 0.6 is 0 Å². The number of hydrogen-bond donors (Lipinski definition) is 1. The van der Waals surface area contributed by atoms with Crippen LogP contribution in [0.5, 0.6) is 0 Å². The Balaban J connectivity index is 1.73. The van der Waals surface area contributed by atoms with Crippen LogP contribution in [0.25, 0.3) is 0 Å². The molecule has 9 heteroatoms. The van der Waals surface area contributed by atoms with Gasteiger partial charge in [0.05, 0.1) is 30.7 Å². The molecule has 0 aliphatic carbocycles. The Morgan fingerprint density at radius 2 is 1.94 bits per heavy atom. The van der Waals surface area contributed by atoms with E-state index in [1.807, 2.05) is 30.3 Å². The van der Waals surface area contributed by atoms with Crippen molar-refractivity contribution in [1.29, 1.82) is 0 Å². The van der Waals surface area contributed by atoms with Gasteiger partial charge in [0, 0.05) is 6.42 Å². The van der Waals surface area contributed by atoms with E-state index in [1.54, 1.807) is 20.8 Å². The minimum atomic E-state index is -1.37. The molecule has 1 N–H and O–H groups in total. The van der Waals surface area contributed by atoms with Crippen LogP contribution < -0.4 is 0 Å². The molecule has 176 valence electrons. The van der Waals surface area contributed by atoms with Crippen LogP contribution in [0.1, 0.15) is 39.7 Å². The van der Waals surface area contributed by atoms with E-state index < -0.39 is 54.0 Å². The number of likely N-dealkylation sites (tertiary alicyclic amines) is 1. The number of benzene rings is 1. The highest BCUT2D eigenvalue weighted by molar-refractivity contribution is 5.95. The third-order valence-electron chi connectivity index (χ3n) is 5.73. The van der Waals surface area contributed by atoms with Gasteiger partial charge < -0.3 is 14.6 Å². The van der Waals surface area contributed by atoms with Gasteiger partial charge in [-0.05, 0) is 32.8 Å². The van der Waals surface area contributed by atoms with Crippen molar-refractivity contribution in [3.05, 3.63) is 35.9 Å². The summed E-state index contributed by atoms with van der Waals surface area (Å²) in [5.74, 6) is -1.67. The first-order valence-corrected chi connectivity index (χ1v) is 10.8. The number of alkyl halides is 1. The second-order valence-corrected chi connectivity index (χ2v) is 9.44. The minimum absolute atomic E-state index is 0.0578. The number of hydrogen-bond acceptors (Lipinski definition) is 6. The zero-order valence-corrected chi connectivity index (χ0v) is 18.9. The first-order valence-electron chi connectivity index (χ1n) is 10.8. The van der Waals surface area contributed by atoms with E-state index in [0.29, 0.717) is 6.42 Å². The van der Waals surface area contributed by atoms with Gasteiger partial charge in [-0.15, -0.1) is 0 Å². The SMILES string of the molecule is CC(C(=O)N1C(=O)OC[C@H]1Cc1ccccc1)C(O)[C@@H]1CC(F)CN1C(=O)OC(C)(C)C. The van der Waals surface area contributed by atoms with Gasteiger partial charge in [-0.1, -0.05) is 37.3 Å². The standard InChI is InChI=1S/C23H31FN2O6/c1-14(19(27)18-11-16(24)12-25(18)21(29)32-23(2,3)4)20(28)26-17(13-31-22(26)30)10-15-8-6-5-7-9-15/h5-9,14,16-19,27H,10-13H2,1-4H3/t14?,16?,17-,18+,19?/m1/s1. The van der Waals surface area contributed by atoms with Crippen molar-refractivity contribution in [3.8, 4) is 0 Å². The molecule has 3 amide bonds. The molecule has 0 aromatic heterocycles. The van der Waals surface area contributed by atoms with Gasteiger partial charge in [0.1, 0.15) is 18.4 Å². The lowest BCUT2D eigenvalue weighted by molar-refractivity contribution is -0.138. The molecule has 32 heavy (non-hydrogen) atoms. The Bertz CT molecular complexity index is 843. The smallest absolute Gasteiger partial charge is 0.416 e. The molecule has 0 spiro atoms. The summed E-state index contributed by atoms with van der Waals surface area (Å²) in [5.41, 5.74) is 0.154. The zero-order valence-electron chi connectivity index (χ0n) is 18.9. The molecule has 3 unspecified atom stereocenters. The van der Waals surface area contributed by atoms with Crippen LogP contribution in [0.3, 0.4) is 0 Å². The van der Waals surface area contributed by atoms with Crippen LogP contribution in [0.4, 0.5) is 14.0 Å². The summed E-state index contributed by atoms with van der Waals surface area (Å²) in [4.78, 5) is 40.2. The van der Waals surface area contributed by atoms with E-state index >= 15 is 0 Å². The second-order valence-electron chi connectivity index (χ2n) is 9.44. The fraction of sp³-hybridized carbons (Fsp3) is 0.609. The van der Waals surface area contributed by atoms with E-state index in [-0.39, 0.29) is 19.6 Å². The summed E-state index contributed by atoms with van der Waals surface area (Å²) >= 11 is 0. The zero-order chi connectivity index (χ0) is 23.6. The molecule has 2 fully saturated rings. The maximum absolute atomic E-state index is 14.2. The van der Waals surface area contributed by atoms with Gasteiger partial charge in [-0.2, -0.15) is 0 Å². The molecule has 2 aliphatic heterocycles. The Morgan fingerprint density at radius 1 is 1.28 bits per heavy atom. The second kappa shape index (κ2) is 9.44. The number of carbonyl (C=O) groups is 3. The predicted octanol–water partition coefficient (Wildman–Crippen LogP) is 2.92. The van der Waals surface area contributed by atoms with E-state index in [9.17, 15) is 23.9 Å². The van der Waals surface area contributed by atoms with E-state index in [1.165, 1.54) is 6.92 Å². The Labute approximate surface area is 187 Å². The molecule has 1 aromatic carbocycles. The Morgan fingerprint density at radius 3 is 2.56 bits per heavy atom. The summed E-state index contributed by atoms with van der Waals surface area (Å²) in [6.45, 7) is 6.38. The first-order chi connectivity index (χ1) is 15.0. The number of imide groups is 1. The number of amides is 3. The summed E-state index contributed by atoms with van der Waals surface area (Å²) < 4.78 is 24.6. The van der Waals surface area contributed by atoms with Gasteiger partial charge in [-0.25, -0.2) is 18.9 Å². The van der Waals surface area contributed by atoms with Crippen LogP contribution in [0.15, 0.2) is 30.3 Å². The maximum atomic E-state index is 14.2. The van der Waals surface area contributed by atoms with Crippen molar-refractivity contribution in [2.75, 3.05) is 13.2 Å². The summed E-state index contributed by atoms with van der Waals surface area (Å²) in [7, 11) is 0. The molecular weight excluding hydrogens is 419 g/mol. The van der Waals surface area contributed by atoms with Gasteiger partial charge in [0.25, 0.3) is 0 Å². The topological polar surface area (TPSA) is 96.4 Å². The van der Waals surface area contributed by atoms with Gasteiger partial charge in [0.2, 0.25) is 5.91 Å². The van der Waals surface area contributed by atoms with Crippen molar-refractivity contribution in [2.45, 2.75) is 70.5 Å². The van der Waals surface area contributed by atoms with E-state index in [4.69, 9.17) is 9.47 Å². The lowest BCUT2D eigenvalue weighted by Crippen LogP contribution is -2.52. The van der Waals surface area contributed by atoms with Crippen molar-refractivity contribution in [1.82, 2.24) is 9.80 Å². The van der Waals surface area contributed by atoms with Crippen LogP contribution in [0, 0.1) is 5.92 Å². The number of ether oxygens (including phenoxy) is 2. The number of aliphatic hydroxyl groups excluding tert-OH is 1. The van der Waals surface area contributed by atoms with Crippen molar-refractivity contribution >= 4 is 18.1 Å². The number of halogens is 1. The highest BCUT2D eigenvalue weighted by atomic mass is 19.1. The molecule has 2 heterocycles. The Kier molecular flexibility index (Phi) is 7.07. The van der Waals surface area contributed by atoms with E-state index in [0.717, 1.165) is 15.4 Å². The van der Waals surface area contributed by atoms with Crippen LogP contribution in [-0.4, -0.2) is 76.1 Å². The molecule has 2 aliphatic rings. The monoisotopic (exact) mass is 450 g/mol. The molecule has 8 nitrogen and oxygen atoms in total. The third kappa shape index (κ3) is 5.38. The van der Waals surface area contributed by atoms with Crippen LogP contribution in [0.2, 0.25) is 0 Å². The van der Waals surface area contributed by atoms with Crippen molar-refractivity contribution in [2.24, 2.45) is 5.92 Å². The Hall–Kier alpha value is -2.68. The van der Waals surface area contributed by atoms with Crippen LogP contribution in [-0.2, 0) is 20.7 Å². The maximum Gasteiger partial charge on any atom is 0.416 e. The van der Waals surface area contributed by atoms with Crippen molar-refractivity contribution in [3.63, 3.8) is 0 Å². The molecule has 0 radical (unpaired) electrons. The first kappa shape index (κ1) is 24.0. The molecule has 0 saturated carbocycles.